The van der Waals surface area contributed by atoms with Gasteiger partial charge in [0.25, 0.3) is 0 Å². The van der Waals surface area contributed by atoms with E-state index in [2.05, 4.69) is 45.9 Å². The van der Waals surface area contributed by atoms with Crippen LogP contribution in [0.25, 0.3) is 0 Å². The zero-order valence-electron chi connectivity index (χ0n) is 9.64. The van der Waals surface area contributed by atoms with Crippen LogP contribution in [0.2, 0.25) is 0 Å². The summed E-state index contributed by atoms with van der Waals surface area (Å²) >= 11 is 0. The second-order valence-electron chi connectivity index (χ2n) is 3.84. The fourth-order valence-corrected chi connectivity index (χ4v) is 1.27. The van der Waals surface area contributed by atoms with Crippen molar-refractivity contribution in [2.24, 2.45) is 5.92 Å². The third-order valence-electron chi connectivity index (χ3n) is 2.26. The highest BCUT2D eigenvalue weighted by molar-refractivity contribution is 5.01. The van der Waals surface area contributed by atoms with E-state index in [0.29, 0.717) is 5.92 Å². The summed E-state index contributed by atoms with van der Waals surface area (Å²) in [5.74, 6) is 0.702. The lowest BCUT2D eigenvalue weighted by atomic mass is 10.0. The second kappa shape index (κ2) is 8.10. The molecule has 0 saturated heterocycles. The van der Waals surface area contributed by atoms with Gasteiger partial charge in [-0.2, -0.15) is 0 Å². The second-order valence-corrected chi connectivity index (χ2v) is 3.84. The molecule has 0 amide bonds. The van der Waals surface area contributed by atoms with Crippen molar-refractivity contribution in [2.75, 3.05) is 0 Å². The first-order valence-corrected chi connectivity index (χ1v) is 5.53. The molecule has 0 bridgehead atoms. The van der Waals surface area contributed by atoms with Gasteiger partial charge in [-0.3, -0.25) is 0 Å². The highest BCUT2D eigenvalue weighted by Crippen LogP contribution is 2.10. The van der Waals surface area contributed by atoms with Crippen LogP contribution in [0.5, 0.6) is 0 Å². The molecule has 13 heavy (non-hydrogen) atoms. The Balaban J connectivity index is 3.68. The maximum atomic E-state index is 2.39. The zero-order valence-corrected chi connectivity index (χ0v) is 9.64. The molecule has 1 unspecified atom stereocenters. The Kier molecular flexibility index (Phi) is 7.77. The predicted octanol–water partition coefficient (Wildman–Crippen LogP) is 4.73. The van der Waals surface area contributed by atoms with Crippen LogP contribution in [0.3, 0.4) is 0 Å². The summed E-state index contributed by atoms with van der Waals surface area (Å²) in [4.78, 5) is 0. The topological polar surface area (TPSA) is 0 Å². The Labute approximate surface area is 83.7 Å². The van der Waals surface area contributed by atoms with Crippen molar-refractivity contribution in [3.05, 3.63) is 23.8 Å². The molecule has 0 fully saturated rings. The molecule has 0 N–H and O–H groups in total. The summed E-state index contributed by atoms with van der Waals surface area (Å²) in [6.45, 7) is 8.93. The van der Waals surface area contributed by atoms with Gasteiger partial charge in [-0.15, -0.1) is 0 Å². The van der Waals surface area contributed by atoms with Gasteiger partial charge in [-0.05, 0) is 32.1 Å². The predicted molar refractivity (Wildman–Crippen MR) is 61.9 cm³/mol. The Bertz CT molecular complexity index is 163. The van der Waals surface area contributed by atoms with Crippen molar-refractivity contribution in [1.29, 1.82) is 0 Å². The maximum absolute atomic E-state index is 2.39. The molecule has 0 rings (SSSR count). The standard InChI is InChI=1S/C13H24/c1-5-7-8-9-10-13(4)11-12(3)6-2/h8-9,11,13H,5-7,10H2,1-4H3. The SMILES string of the molecule is CCCC=CCC(C)C=C(C)CC. The van der Waals surface area contributed by atoms with Gasteiger partial charge in [-0.25, -0.2) is 0 Å². The zero-order chi connectivity index (χ0) is 10.1. The Hall–Kier alpha value is -0.520. The highest BCUT2D eigenvalue weighted by Gasteiger charge is 1.94. The first-order chi connectivity index (χ1) is 6.20. The third kappa shape index (κ3) is 7.83. The van der Waals surface area contributed by atoms with Crippen LogP contribution in [-0.2, 0) is 0 Å². The van der Waals surface area contributed by atoms with Crippen molar-refractivity contribution in [3.8, 4) is 0 Å². The van der Waals surface area contributed by atoms with Gasteiger partial charge in [-0.1, -0.05) is 51.0 Å². The van der Waals surface area contributed by atoms with E-state index in [1.165, 1.54) is 31.3 Å². The van der Waals surface area contributed by atoms with Gasteiger partial charge < -0.3 is 0 Å². The van der Waals surface area contributed by atoms with E-state index in [1.807, 2.05) is 0 Å². The Morgan fingerprint density at radius 1 is 1.23 bits per heavy atom. The molecular weight excluding hydrogens is 156 g/mol. The van der Waals surface area contributed by atoms with Crippen LogP contribution < -0.4 is 0 Å². The van der Waals surface area contributed by atoms with Crippen LogP contribution in [-0.4, -0.2) is 0 Å². The average Bonchev–Trinajstić information content (AvgIpc) is 2.12. The fraction of sp³-hybridized carbons (Fsp3) is 0.692. The molecule has 0 aliphatic carbocycles. The number of allylic oxidation sites excluding steroid dienone is 4. The van der Waals surface area contributed by atoms with Gasteiger partial charge >= 0.3 is 0 Å². The van der Waals surface area contributed by atoms with Crippen LogP contribution >= 0.6 is 0 Å². The van der Waals surface area contributed by atoms with E-state index >= 15 is 0 Å². The van der Waals surface area contributed by atoms with Crippen LogP contribution in [0.15, 0.2) is 23.8 Å². The van der Waals surface area contributed by atoms with E-state index in [1.54, 1.807) is 0 Å². The minimum Gasteiger partial charge on any atom is -0.0885 e. The van der Waals surface area contributed by atoms with Crippen LogP contribution in [0, 0.1) is 5.92 Å². The first kappa shape index (κ1) is 12.5. The van der Waals surface area contributed by atoms with E-state index < -0.39 is 0 Å². The highest BCUT2D eigenvalue weighted by atomic mass is 14.0. The third-order valence-corrected chi connectivity index (χ3v) is 2.26. The van der Waals surface area contributed by atoms with Crippen molar-refractivity contribution >= 4 is 0 Å². The monoisotopic (exact) mass is 180 g/mol. The molecule has 0 aliphatic rings. The van der Waals surface area contributed by atoms with Gasteiger partial charge in [0.05, 0.1) is 0 Å². The molecule has 1 atom stereocenters. The van der Waals surface area contributed by atoms with Crippen molar-refractivity contribution in [2.45, 2.75) is 53.4 Å². The van der Waals surface area contributed by atoms with Gasteiger partial charge in [0, 0.05) is 0 Å². The molecular formula is C13H24. The molecule has 0 heterocycles. The molecule has 0 aliphatic heterocycles. The largest absolute Gasteiger partial charge is 0.0885 e. The van der Waals surface area contributed by atoms with Crippen LogP contribution in [0.4, 0.5) is 0 Å². The fourth-order valence-electron chi connectivity index (χ4n) is 1.27. The summed E-state index contributed by atoms with van der Waals surface area (Å²) < 4.78 is 0. The summed E-state index contributed by atoms with van der Waals surface area (Å²) in [6.07, 6.45) is 11.9. The van der Waals surface area contributed by atoms with Gasteiger partial charge in [0.2, 0.25) is 0 Å². The number of hydrogen-bond acceptors (Lipinski definition) is 0. The van der Waals surface area contributed by atoms with Gasteiger partial charge in [0.1, 0.15) is 0 Å². The molecule has 0 heteroatoms. The summed E-state index contributed by atoms with van der Waals surface area (Å²) in [7, 11) is 0. The summed E-state index contributed by atoms with van der Waals surface area (Å²) in [5.41, 5.74) is 1.51. The normalized spacial score (nSPS) is 15.2. The first-order valence-electron chi connectivity index (χ1n) is 5.53. The average molecular weight is 180 g/mol. The van der Waals surface area contributed by atoms with E-state index in [0.717, 1.165) is 0 Å². The lowest BCUT2D eigenvalue weighted by molar-refractivity contribution is 0.730. The molecule has 76 valence electrons. The minimum atomic E-state index is 0.702. The van der Waals surface area contributed by atoms with E-state index in [-0.39, 0.29) is 0 Å². The van der Waals surface area contributed by atoms with Crippen molar-refractivity contribution < 1.29 is 0 Å². The molecule has 0 spiro atoms. The summed E-state index contributed by atoms with van der Waals surface area (Å²) in [6, 6.07) is 0. The van der Waals surface area contributed by atoms with Crippen molar-refractivity contribution in [1.82, 2.24) is 0 Å². The lowest BCUT2D eigenvalue weighted by Crippen LogP contribution is -1.88. The van der Waals surface area contributed by atoms with Gasteiger partial charge in [0.15, 0.2) is 0 Å². The molecule has 0 radical (unpaired) electrons. The smallest absolute Gasteiger partial charge is 0.0225 e. The Morgan fingerprint density at radius 2 is 1.92 bits per heavy atom. The molecule has 0 saturated carbocycles. The Morgan fingerprint density at radius 3 is 2.46 bits per heavy atom. The number of hydrogen-bond donors (Lipinski definition) is 0. The molecule has 0 aromatic heterocycles. The quantitative estimate of drug-likeness (QED) is 0.519. The van der Waals surface area contributed by atoms with Crippen molar-refractivity contribution in [3.63, 3.8) is 0 Å². The molecule has 0 aromatic rings. The number of rotatable bonds is 6. The molecule has 0 aromatic carbocycles. The van der Waals surface area contributed by atoms with E-state index in [9.17, 15) is 0 Å². The van der Waals surface area contributed by atoms with E-state index in [4.69, 9.17) is 0 Å². The number of unbranched alkanes of at least 4 members (excludes halogenated alkanes) is 1. The van der Waals surface area contributed by atoms with Crippen LogP contribution in [0.1, 0.15) is 53.4 Å². The summed E-state index contributed by atoms with van der Waals surface area (Å²) in [5, 5.41) is 0. The lowest BCUT2D eigenvalue weighted by Gasteiger charge is -2.03. The minimum absolute atomic E-state index is 0.702. The molecule has 0 nitrogen and oxygen atoms in total. The maximum Gasteiger partial charge on any atom is -0.0225 e.